The zero-order valence-electron chi connectivity index (χ0n) is 6.78. The summed E-state index contributed by atoms with van der Waals surface area (Å²) in [5, 5.41) is 0. The highest BCUT2D eigenvalue weighted by Gasteiger charge is 1.85. The van der Waals surface area contributed by atoms with E-state index in [1.165, 1.54) is 0 Å². The van der Waals surface area contributed by atoms with Crippen LogP contribution in [0.15, 0.2) is 48.6 Å². The summed E-state index contributed by atoms with van der Waals surface area (Å²) in [6, 6.07) is 0. The normalized spacial score (nSPS) is 9.80. The minimum Gasteiger partial charge on any atom is -0.0961 e. The maximum atomic E-state index is 3.80. The Labute approximate surface area is 63.3 Å². The monoisotopic (exact) mass is 134 g/mol. The lowest BCUT2D eigenvalue weighted by Crippen LogP contribution is -1.74. The lowest BCUT2D eigenvalue weighted by molar-refractivity contribution is 1.45. The summed E-state index contributed by atoms with van der Waals surface area (Å²) in [5.41, 5.74) is 2.99. The Morgan fingerprint density at radius 2 is 1.50 bits per heavy atom. The molecule has 0 spiro atoms. The molecule has 0 heteroatoms. The molecule has 0 radical (unpaired) electrons. The molecule has 0 nitrogen and oxygen atoms in total. The first-order chi connectivity index (χ1) is 4.54. The molecular formula is C10H14. The average molecular weight is 134 g/mol. The van der Waals surface area contributed by atoms with Crippen molar-refractivity contribution in [2.75, 3.05) is 0 Å². The molecule has 0 unspecified atom stereocenters. The second kappa shape index (κ2) is 3.89. The van der Waals surface area contributed by atoms with Gasteiger partial charge in [0.2, 0.25) is 0 Å². The van der Waals surface area contributed by atoms with Crippen LogP contribution in [0.5, 0.6) is 0 Å². The van der Waals surface area contributed by atoms with E-state index >= 15 is 0 Å². The van der Waals surface area contributed by atoms with Crippen LogP contribution in [0.1, 0.15) is 13.8 Å². The van der Waals surface area contributed by atoms with Crippen molar-refractivity contribution in [3.63, 3.8) is 0 Å². The van der Waals surface area contributed by atoms with Crippen LogP contribution in [-0.4, -0.2) is 0 Å². The van der Waals surface area contributed by atoms with Crippen LogP contribution < -0.4 is 0 Å². The van der Waals surface area contributed by atoms with E-state index in [2.05, 4.69) is 19.7 Å². The van der Waals surface area contributed by atoms with Crippen LogP contribution in [0, 0.1) is 0 Å². The minimum absolute atomic E-state index is 0.961. The van der Waals surface area contributed by atoms with E-state index in [0.717, 1.165) is 16.7 Å². The summed E-state index contributed by atoms with van der Waals surface area (Å²) in [6.45, 7) is 15.2. The van der Waals surface area contributed by atoms with Crippen LogP contribution >= 0.6 is 0 Å². The molecule has 10 heavy (non-hydrogen) atoms. The van der Waals surface area contributed by atoms with Crippen LogP contribution in [0.4, 0.5) is 0 Å². The van der Waals surface area contributed by atoms with Crippen molar-refractivity contribution < 1.29 is 0 Å². The van der Waals surface area contributed by atoms with Gasteiger partial charge in [-0.3, -0.25) is 0 Å². The molecule has 0 fully saturated rings. The zero-order valence-corrected chi connectivity index (χ0v) is 6.78. The molecule has 54 valence electrons. The Morgan fingerprint density at radius 3 is 1.80 bits per heavy atom. The number of rotatable bonds is 3. The lowest BCUT2D eigenvalue weighted by atomic mass is 10.1. The first-order valence-corrected chi connectivity index (χ1v) is 3.22. The Balaban J connectivity index is 4.03. The number of hydrogen-bond donors (Lipinski definition) is 0. The molecule has 0 heterocycles. The highest BCUT2D eigenvalue weighted by Crippen LogP contribution is 2.05. The standard InChI is InChI=1S/C10H14/c1-8(2)6-7-10(5)9(3)4/h6-7H,1,3,5H2,2,4H3. The van der Waals surface area contributed by atoms with Gasteiger partial charge in [-0.05, 0) is 19.4 Å². The summed E-state index contributed by atoms with van der Waals surface area (Å²) in [6.07, 6.45) is 3.85. The Hall–Kier alpha value is -1.04. The molecule has 0 aliphatic carbocycles. The van der Waals surface area contributed by atoms with Crippen molar-refractivity contribution in [3.8, 4) is 0 Å². The molecule has 0 aromatic heterocycles. The van der Waals surface area contributed by atoms with Gasteiger partial charge in [0.25, 0.3) is 0 Å². The molecule has 0 aliphatic heterocycles. The molecular weight excluding hydrogens is 120 g/mol. The van der Waals surface area contributed by atoms with Gasteiger partial charge in [-0.2, -0.15) is 0 Å². The van der Waals surface area contributed by atoms with Crippen molar-refractivity contribution in [3.05, 3.63) is 48.6 Å². The van der Waals surface area contributed by atoms with Crippen molar-refractivity contribution in [1.82, 2.24) is 0 Å². The molecule has 0 aromatic rings. The molecule has 0 saturated carbocycles. The van der Waals surface area contributed by atoms with Crippen LogP contribution in [0.2, 0.25) is 0 Å². The molecule has 0 saturated heterocycles. The van der Waals surface area contributed by atoms with Gasteiger partial charge in [0.15, 0.2) is 0 Å². The second-order valence-electron chi connectivity index (χ2n) is 2.49. The van der Waals surface area contributed by atoms with Crippen LogP contribution in [0.25, 0.3) is 0 Å². The molecule has 0 rings (SSSR count). The second-order valence-corrected chi connectivity index (χ2v) is 2.49. The van der Waals surface area contributed by atoms with E-state index in [4.69, 9.17) is 0 Å². The van der Waals surface area contributed by atoms with E-state index in [1.54, 1.807) is 0 Å². The van der Waals surface area contributed by atoms with Gasteiger partial charge < -0.3 is 0 Å². The summed E-state index contributed by atoms with van der Waals surface area (Å²) >= 11 is 0. The van der Waals surface area contributed by atoms with E-state index < -0.39 is 0 Å². The van der Waals surface area contributed by atoms with Gasteiger partial charge in [-0.25, -0.2) is 0 Å². The van der Waals surface area contributed by atoms with Crippen LogP contribution in [-0.2, 0) is 0 Å². The topological polar surface area (TPSA) is 0 Å². The third-order valence-corrected chi connectivity index (χ3v) is 1.12. The van der Waals surface area contributed by atoms with Crippen LogP contribution in [0.3, 0.4) is 0 Å². The molecule has 0 N–H and O–H groups in total. The van der Waals surface area contributed by atoms with Gasteiger partial charge in [-0.15, -0.1) is 0 Å². The zero-order chi connectivity index (χ0) is 8.15. The average Bonchev–Trinajstić information content (AvgIpc) is 1.82. The summed E-state index contributed by atoms with van der Waals surface area (Å²) < 4.78 is 0. The van der Waals surface area contributed by atoms with E-state index in [0.29, 0.717) is 0 Å². The maximum absolute atomic E-state index is 3.80. The van der Waals surface area contributed by atoms with Crippen molar-refractivity contribution in [1.29, 1.82) is 0 Å². The lowest BCUT2D eigenvalue weighted by Gasteiger charge is -1.94. The fraction of sp³-hybridized carbons (Fsp3) is 0.200. The van der Waals surface area contributed by atoms with E-state index in [-0.39, 0.29) is 0 Å². The molecule has 0 amide bonds. The highest BCUT2D eigenvalue weighted by molar-refractivity contribution is 5.36. The summed E-state index contributed by atoms with van der Waals surface area (Å²) in [4.78, 5) is 0. The summed E-state index contributed by atoms with van der Waals surface area (Å²) in [7, 11) is 0. The maximum Gasteiger partial charge on any atom is -0.0305 e. The highest BCUT2D eigenvalue weighted by atomic mass is 13.9. The predicted molar refractivity (Wildman–Crippen MR) is 47.9 cm³/mol. The van der Waals surface area contributed by atoms with Gasteiger partial charge in [-0.1, -0.05) is 43.0 Å². The Morgan fingerprint density at radius 1 is 1.00 bits per heavy atom. The Bertz CT molecular complexity index is 192. The molecule has 0 aromatic carbocycles. The smallest absolute Gasteiger partial charge is 0.0305 e. The van der Waals surface area contributed by atoms with E-state index in [1.807, 2.05) is 26.0 Å². The molecule has 0 aliphatic rings. The fourth-order valence-corrected chi connectivity index (χ4v) is 0.385. The van der Waals surface area contributed by atoms with Crippen molar-refractivity contribution >= 4 is 0 Å². The number of allylic oxidation sites excluding steroid dienone is 5. The van der Waals surface area contributed by atoms with Crippen molar-refractivity contribution in [2.24, 2.45) is 0 Å². The molecule has 0 bridgehead atoms. The Kier molecular flexibility index (Phi) is 3.48. The first-order valence-electron chi connectivity index (χ1n) is 3.22. The van der Waals surface area contributed by atoms with Gasteiger partial charge >= 0.3 is 0 Å². The number of hydrogen-bond acceptors (Lipinski definition) is 0. The predicted octanol–water partition coefficient (Wildman–Crippen LogP) is 3.25. The molecule has 0 atom stereocenters. The quantitative estimate of drug-likeness (QED) is 0.520. The van der Waals surface area contributed by atoms with Crippen molar-refractivity contribution in [2.45, 2.75) is 13.8 Å². The third kappa shape index (κ3) is 3.90. The first kappa shape index (κ1) is 8.96. The van der Waals surface area contributed by atoms with Gasteiger partial charge in [0.05, 0.1) is 0 Å². The minimum atomic E-state index is 0.961. The van der Waals surface area contributed by atoms with Gasteiger partial charge in [0, 0.05) is 0 Å². The third-order valence-electron chi connectivity index (χ3n) is 1.12. The summed E-state index contributed by atoms with van der Waals surface area (Å²) in [5.74, 6) is 0. The van der Waals surface area contributed by atoms with Gasteiger partial charge in [0.1, 0.15) is 0 Å². The largest absolute Gasteiger partial charge is 0.0961 e. The SMILES string of the molecule is C=C(C)C=CC(=C)C(=C)C. The fourth-order valence-electron chi connectivity index (χ4n) is 0.385. The van der Waals surface area contributed by atoms with E-state index in [9.17, 15) is 0 Å².